The van der Waals surface area contributed by atoms with E-state index in [1.807, 2.05) is 42.5 Å². The summed E-state index contributed by atoms with van der Waals surface area (Å²) < 4.78 is 0. The molecule has 110 valence electrons. The summed E-state index contributed by atoms with van der Waals surface area (Å²) in [4.78, 5) is 17.4. The predicted octanol–water partition coefficient (Wildman–Crippen LogP) is 3.34. The van der Waals surface area contributed by atoms with Crippen LogP contribution in [0.3, 0.4) is 0 Å². The van der Waals surface area contributed by atoms with E-state index in [0.29, 0.717) is 11.6 Å². The second kappa shape index (κ2) is 5.46. The lowest BCUT2D eigenvalue weighted by molar-refractivity contribution is 1.20. The van der Waals surface area contributed by atoms with Gasteiger partial charge in [-0.2, -0.15) is 0 Å². The molecule has 5 nitrogen and oxygen atoms in total. The third-order valence-corrected chi connectivity index (χ3v) is 3.66. The zero-order valence-electron chi connectivity index (χ0n) is 12.2. The number of aromatic nitrogens is 4. The standard InChI is InChI=1S/C18H13N5/c19-17-16-14(12-4-2-1-3-5-12)10-21-11-15(16)22-18(23-17)13-6-8-20-9-7-13/h1-11H,(H2,19,22,23). The van der Waals surface area contributed by atoms with Crippen molar-refractivity contribution in [2.24, 2.45) is 0 Å². The van der Waals surface area contributed by atoms with Crippen molar-refractivity contribution >= 4 is 16.7 Å². The number of anilines is 1. The molecule has 0 saturated carbocycles. The van der Waals surface area contributed by atoms with Crippen molar-refractivity contribution in [3.63, 3.8) is 0 Å². The molecule has 1 aromatic carbocycles. The summed E-state index contributed by atoms with van der Waals surface area (Å²) in [7, 11) is 0. The van der Waals surface area contributed by atoms with Crippen LogP contribution in [0.15, 0.2) is 67.3 Å². The van der Waals surface area contributed by atoms with E-state index >= 15 is 0 Å². The van der Waals surface area contributed by atoms with Crippen molar-refractivity contribution in [1.82, 2.24) is 19.9 Å². The molecule has 23 heavy (non-hydrogen) atoms. The van der Waals surface area contributed by atoms with Gasteiger partial charge in [0, 0.05) is 29.7 Å². The molecule has 0 aliphatic heterocycles. The minimum atomic E-state index is 0.447. The van der Waals surface area contributed by atoms with Gasteiger partial charge in [-0.25, -0.2) is 9.97 Å². The number of nitrogens with two attached hydrogens (primary N) is 1. The van der Waals surface area contributed by atoms with Crippen LogP contribution in [0.2, 0.25) is 0 Å². The van der Waals surface area contributed by atoms with Crippen molar-refractivity contribution in [1.29, 1.82) is 0 Å². The van der Waals surface area contributed by atoms with Gasteiger partial charge in [0.25, 0.3) is 0 Å². The summed E-state index contributed by atoms with van der Waals surface area (Å²) in [5.41, 5.74) is 9.81. The van der Waals surface area contributed by atoms with Crippen LogP contribution >= 0.6 is 0 Å². The molecule has 0 amide bonds. The number of hydrogen-bond donors (Lipinski definition) is 1. The maximum absolute atomic E-state index is 6.24. The van der Waals surface area contributed by atoms with Gasteiger partial charge >= 0.3 is 0 Å². The van der Waals surface area contributed by atoms with Crippen LogP contribution in [-0.2, 0) is 0 Å². The molecule has 3 heterocycles. The van der Waals surface area contributed by atoms with Crippen LogP contribution in [0.25, 0.3) is 33.4 Å². The quantitative estimate of drug-likeness (QED) is 0.614. The Morgan fingerprint density at radius 1 is 0.739 bits per heavy atom. The van der Waals surface area contributed by atoms with Gasteiger partial charge in [-0.05, 0) is 17.7 Å². The lowest BCUT2D eigenvalue weighted by Crippen LogP contribution is -2.00. The Kier molecular flexibility index (Phi) is 3.16. The first kappa shape index (κ1) is 13.3. The molecule has 3 aromatic heterocycles. The molecule has 4 aromatic rings. The number of nitrogen functional groups attached to an aromatic ring is 1. The van der Waals surface area contributed by atoms with E-state index in [2.05, 4.69) is 19.9 Å². The van der Waals surface area contributed by atoms with E-state index in [1.54, 1.807) is 24.8 Å². The van der Waals surface area contributed by atoms with Gasteiger partial charge in [0.05, 0.1) is 17.1 Å². The topological polar surface area (TPSA) is 77.6 Å². The van der Waals surface area contributed by atoms with E-state index in [1.165, 1.54) is 0 Å². The number of benzene rings is 1. The summed E-state index contributed by atoms with van der Waals surface area (Å²) in [6, 6.07) is 13.7. The molecule has 0 saturated heterocycles. The first-order chi connectivity index (χ1) is 11.3. The van der Waals surface area contributed by atoms with Crippen molar-refractivity contribution in [2.75, 3.05) is 5.73 Å². The Bertz CT molecular complexity index is 968. The van der Waals surface area contributed by atoms with Crippen molar-refractivity contribution < 1.29 is 0 Å². The Hall–Kier alpha value is -3.34. The van der Waals surface area contributed by atoms with E-state index in [9.17, 15) is 0 Å². The molecule has 5 heteroatoms. The van der Waals surface area contributed by atoms with Crippen LogP contribution in [0.1, 0.15) is 0 Å². The molecule has 0 unspecified atom stereocenters. The second-order valence-electron chi connectivity index (χ2n) is 5.12. The molecular formula is C18H13N5. The zero-order valence-corrected chi connectivity index (χ0v) is 12.2. The molecule has 0 aliphatic carbocycles. The van der Waals surface area contributed by atoms with Crippen LogP contribution in [-0.4, -0.2) is 19.9 Å². The molecule has 0 atom stereocenters. The van der Waals surface area contributed by atoms with Crippen molar-refractivity contribution in [3.8, 4) is 22.5 Å². The second-order valence-corrected chi connectivity index (χ2v) is 5.12. The van der Waals surface area contributed by atoms with E-state index in [-0.39, 0.29) is 0 Å². The fourth-order valence-electron chi connectivity index (χ4n) is 2.58. The highest BCUT2D eigenvalue weighted by Crippen LogP contribution is 2.31. The first-order valence-corrected chi connectivity index (χ1v) is 7.20. The third kappa shape index (κ3) is 2.38. The smallest absolute Gasteiger partial charge is 0.162 e. The van der Waals surface area contributed by atoms with Crippen LogP contribution < -0.4 is 5.73 Å². The summed E-state index contributed by atoms with van der Waals surface area (Å²) in [6.07, 6.45) is 6.92. The lowest BCUT2D eigenvalue weighted by Gasteiger charge is -2.09. The number of rotatable bonds is 2. The van der Waals surface area contributed by atoms with E-state index in [4.69, 9.17) is 5.73 Å². The Morgan fingerprint density at radius 2 is 1.52 bits per heavy atom. The first-order valence-electron chi connectivity index (χ1n) is 7.20. The summed E-state index contributed by atoms with van der Waals surface area (Å²) >= 11 is 0. The van der Waals surface area contributed by atoms with Gasteiger partial charge in [-0.15, -0.1) is 0 Å². The van der Waals surface area contributed by atoms with Gasteiger partial charge in [0.2, 0.25) is 0 Å². The molecule has 0 fully saturated rings. The number of pyridine rings is 2. The summed E-state index contributed by atoms with van der Waals surface area (Å²) in [6.45, 7) is 0. The lowest BCUT2D eigenvalue weighted by atomic mass is 10.0. The summed E-state index contributed by atoms with van der Waals surface area (Å²) in [5.74, 6) is 1.02. The Morgan fingerprint density at radius 3 is 2.30 bits per heavy atom. The number of hydrogen-bond acceptors (Lipinski definition) is 5. The van der Waals surface area contributed by atoms with Crippen LogP contribution in [0.5, 0.6) is 0 Å². The van der Waals surface area contributed by atoms with Gasteiger partial charge < -0.3 is 5.73 Å². The van der Waals surface area contributed by atoms with Crippen LogP contribution in [0, 0.1) is 0 Å². The molecule has 2 N–H and O–H groups in total. The maximum atomic E-state index is 6.24. The maximum Gasteiger partial charge on any atom is 0.162 e. The van der Waals surface area contributed by atoms with Crippen LogP contribution in [0.4, 0.5) is 5.82 Å². The minimum absolute atomic E-state index is 0.447. The number of nitrogens with zero attached hydrogens (tertiary/aromatic N) is 4. The van der Waals surface area contributed by atoms with Gasteiger partial charge in [-0.3, -0.25) is 9.97 Å². The molecule has 0 spiro atoms. The van der Waals surface area contributed by atoms with E-state index < -0.39 is 0 Å². The highest BCUT2D eigenvalue weighted by Gasteiger charge is 2.12. The molecule has 4 rings (SSSR count). The average Bonchev–Trinajstić information content (AvgIpc) is 2.62. The van der Waals surface area contributed by atoms with Crippen molar-refractivity contribution in [2.45, 2.75) is 0 Å². The monoisotopic (exact) mass is 299 g/mol. The molecule has 0 radical (unpaired) electrons. The third-order valence-electron chi connectivity index (χ3n) is 3.66. The summed E-state index contributed by atoms with van der Waals surface area (Å²) in [5, 5.41) is 0.823. The predicted molar refractivity (Wildman–Crippen MR) is 90.4 cm³/mol. The molecule has 0 bridgehead atoms. The normalized spacial score (nSPS) is 10.8. The SMILES string of the molecule is Nc1nc(-c2ccncc2)nc2cncc(-c3ccccc3)c12. The number of fused-ring (bicyclic) bond motifs is 1. The fourth-order valence-corrected chi connectivity index (χ4v) is 2.58. The van der Waals surface area contributed by atoms with Gasteiger partial charge in [-0.1, -0.05) is 30.3 Å². The highest BCUT2D eigenvalue weighted by atomic mass is 15.0. The highest BCUT2D eigenvalue weighted by molar-refractivity contribution is 6.01. The largest absolute Gasteiger partial charge is 0.383 e. The Labute approximate surface area is 132 Å². The van der Waals surface area contributed by atoms with Crippen molar-refractivity contribution in [3.05, 3.63) is 67.3 Å². The Balaban J connectivity index is 1.96. The average molecular weight is 299 g/mol. The van der Waals surface area contributed by atoms with Gasteiger partial charge in [0.15, 0.2) is 5.82 Å². The molecule has 0 aliphatic rings. The zero-order chi connectivity index (χ0) is 15.6. The van der Waals surface area contributed by atoms with E-state index in [0.717, 1.165) is 27.6 Å². The molecular weight excluding hydrogens is 286 g/mol. The minimum Gasteiger partial charge on any atom is -0.383 e. The fraction of sp³-hybridized carbons (Fsp3) is 0. The van der Waals surface area contributed by atoms with Gasteiger partial charge in [0.1, 0.15) is 5.82 Å².